The third-order valence-corrected chi connectivity index (χ3v) is 7.19. The van der Waals surface area contributed by atoms with Crippen molar-refractivity contribution in [3.8, 4) is 11.4 Å². The number of carbonyl (C=O) groups excluding carboxylic acids is 1. The number of hydrogen-bond donors (Lipinski definition) is 2. The van der Waals surface area contributed by atoms with Gasteiger partial charge in [0.15, 0.2) is 0 Å². The summed E-state index contributed by atoms with van der Waals surface area (Å²) in [5, 5.41) is 9.05. The summed E-state index contributed by atoms with van der Waals surface area (Å²) in [5.41, 5.74) is 6.89. The molecule has 1 aliphatic carbocycles. The Morgan fingerprint density at radius 1 is 1.25 bits per heavy atom. The molecule has 1 saturated heterocycles. The minimum absolute atomic E-state index is 0.0991. The fraction of sp³-hybridized carbons (Fsp3) is 0.520. The summed E-state index contributed by atoms with van der Waals surface area (Å²) in [6.07, 6.45) is 3.25. The van der Waals surface area contributed by atoms with Crippen LogP contribution in [0.1, 0.15) is 38.4 Å². The molecule has 1 aromatic carbocycles. The standard InChI is InChI=1S/C25H33N5O2/c1-16(30-9-11-32-12-10-30)24(31)29(4)18-6-5-17-13-21(26-20(17)14-18)23-19-7-8-25(2,3)15-22(19)27-28-23/h5-6,13-14,16,26H,7-12,15H2,1-4H3,(H,27,28). The maximum absolute atomic E-state index is 13.1. The number of likely N-dealkylation sites (N-methyl/N-ethyl adjacent to an activating group) is 1. The predicted octanol–water partition coefficient (Wildman–Crippen LogP) is 3.76. The Labute approximate surface area is 189 Å². The fourth-order valence-electron chi connectivity index (χ4n) is 5.05. The molecule has 0 bridgehead atoms. The Morgan fingerprint density at radius 2 is 2.03 bits per heavy atom. The average Bonchev–Trinajstić information content (AvgIpc) is 3.40. The molecule has 0 radical (unpaired) electrons. The quantitative estimate of drug-likeness (QED) is 0.654. The van der Waals surface area contributed by atoms with Crippen LogP contribution < -0.4 is 4.90 Å². The van der Waals surface area contributed by atoms with E-state index < -0.39 is 0 Å². The van der Waals surface area contributed by atoms with Gasteiger partial charge in [-0.2, -0.15) is 5.10 Å². The topological polar surface area (TPSA) is 77.2 Å². The minimum atomic E-state index is -0.168. The van der Waals surface area contributed by atoms with Crippen molar-refractivity contribution in [1.29, 1.82) is 0 Å². The molecule has 1 aliphatic heterocycles. The highest BCUT2D eigenvalue weighted by Gasteiger charge is 2.30. The number of morpholine rings is 1. The minimum Gasteiger partial charge on any atom is -0.379 e. The molecule has 1 fully saturated rings. The highest BCUT2D eigenvalue weighted by atomic mass is 16.5. The second-order valence-corrected chi connectivity index (χ2v) is 10.0. The first-order chi connectivity index (χ1) is 15.3. The van der Waals surface area contributed by atoms with Crippen LogP contribution in [-0.2, 0) is 22.4 Å². The van der Waals surface area contributed by atoms with Crippen molar-refractivity contribution in [2.24, 2.45) is 5.41 Å². The fourth-order valence-corrected chi connectivity index (χ4v) is 5.05. The van der Waals surface area contributed by atoms with Gasteiger partial charge in [0, 0.05) is 48.0 Å². The molecule has 3 aromatic rings. The third-order valence-electron chi connectivity index (χ3n) is 7.19. The van der Waals surface area contributed by atoms with Crippen LogP contribution in [0.2, 0.25) is 0 Å². The number of benzene rings is 1. The van der Waals surface area contributed by atoms with Crippen molar-refractivity contribution in [3.63, 3.8) is 0 Å². The number of anilines is 1. The van der Waals surface area contributed by atoms with E-state index in [4.69, 9.17) is 4.74 Å². The van der Waals surface area contributed by atoms with E-state index in [0.717, 1.165) is 53.9 Å². The smallest absolute Gasteiger partial charge is 0.243 e. The van der Waals surface area contributed by atoms with Gasteiger partial charge < -0.3 is 14.6 Å². The summed E-state index contributed by atoms with van der Waals surface area (Å²) in [6.45, 7) is 9.59. The molecule has 1 amide bonds. The number of H-pyrrole nitrogens is 2. The van der Waals surface area contributed by atoms with Crippen LogP contribution in [0.5, 0.6) is 0 Å². The van der Waals surface area contributed by atoms with Crippen molar-refractivity contribution >= 4 is 22.5 Å². The Morgan fingerprint density at radius 3 is 2.81 bits per heavy atom. The maximum Gasteiger partial charge on any atom is 0.243 e. The van der Waals surface area contributed by atoms with Crippen LogP contribution in [0.3, 0.4) is 0 Å². The molecule has 3 heterocycles. The zero-order valence-electron chi connectivity index (χ0n) is 19.5. The number of amides is 1. The largest absolute Gasteiger partial charge is 0.379 e. The molecule has 2 aliphatic rings. The van der Waals surface area contributed by atoms with Crippen molar-refractivity contribution in [2.45, 2.75) is 46.1 Å². The molecule has 5 rings (SSSR count). The first-order valence-corrected chi connectivity index (χ1v) is 11.6. The van der Waals surface area contributed by atoms with Crippen LogP contribution in [0.15, 0.2) is 24.3 Å². The van der Waals surface area contributed by atoms with Crippen LogP contribution in [0.4, 0.5) is 5.69 Å². The van der Waals surface area contributed by atoms with E-state index in [-0.39, 0.29) is 11.9 Å². The lowest BCUT2D eigenvalue weighted by atomic mass is 9.76. The molecule has 1 unspecified atom stereocenters. The lowest BCUT2D eigenvalue weighted by molar-refractivity contribution is -0.124. The van der Waals surface area contributed by atoms with E-state index in [0.29, 0.717) is 18.6 Å². The van der Waals surface area contributed by atoms with Crippen molar-refractivity contribution in [3.05, 3.63) is 35.5 Å². The number of aromatic amines is 2. The van der Waals surface area contributed by atoms with Gasteiger partial charge in [-0.05, 0) is 49.8 Å². The van der Waals surface area contributed by atoms with Crippen LogP contribution >= 0.6 is 0 Å². The first kappa shape index (κ1) is 21.2. The van der Waals surface area contributed by atoms with E-state index in [1.54, 1.807) is 4.90 Å². The number of hydrogen-bond acceptors (Lipinski definition) is 4. The number of rotatable bonds is 4. The number of ether oxygens (including phenoxy) is 1. The highest BCUT2D eigenvalue weighted by molar-refractivity contribution is 5.98. The summed E-state index contributed by atoms with van der Waals surface area (Å²) in [7, 11) is 1.86. The van der Waals surface area contributed by atoms with Gasteiger partial charge in [-0.15, -0.1) is 0 Å². The van der Waals surface area contributed by atoms with Crippen molar-refractivity contribution < 1.29 is 9.53 Å². The molecule has 32 heavy (non-hydrogen) atoms. The summed E-state index contributed by atoms with van der Waals surface area (Å²) >= 11 is 0. The number of nitrogens with one attached hydrogen (secondary N) is 2. The summed E-state index contributed by atoms with van der Waals surface area (Å²) in [6, 6.07) is 8.15. The number of aromatic nitrogens is 3. The maximum atomic E-state index is 13.1. The lowest BCUT2D eigenvalue weighted by Gasteiger charge is -2.33. The van der Waals surface area contributed by atoms with Gasteiger partial charge in [0.1, 0.15) is 5.69 Å². The molecule has 2 aromatic heterocycles. The van der Waals surface area contributed by atoms with Crippen molar-refractivity contribution in [1.82, 2.24) is 20.1 Å². The summed E-state index contributed by atoms with van der Waals surface area (Å²) < 4.78 is 5.42. The van der Waals surface area contributed by atoms with Crippen LogP contribution in [0.25, 0.3) is 22.3 Å². The van der Waals surface area contributed by atoms with Crippen molar-refractivity contribution in [2.75, 3.05) is 38.3 Å². The van der Waals surface area contributed by atoms with Gasteiger partial charge in [0.2, 0.25) is 5.91 Å². The molecular formula is C25H33N5O2. The molecular weight excluding hydrogens is 402 g/mol. The third kappa shape index (κ3) is 3.84. The molecule has 7 nitrogen and oxygen atoms in total. The SMILES string of the molecule is CC(C(=O)N(C)c1ccc2cc(-c3n[nH]c4c3CCC(C)(C)C4)[nH]c2c1)N1CCOCC1. The van der Waals surface area contributed by atoms with E-state index in [9.17, 15) is 4.79 Å². The average molecular weight is 436 g/mol. The first-order valence-electron chi connectivity index (χ1n) is 11.6. The predicted molar refractivity (Wildman–Crippen MR) is 127 cm³/mol. The Bertz CT molecular complexity index is 1140. The molecule has 170 valence electrons. The van der Waals surface area contributed by atoms with Gasteiger partial charge in [-0.25, -0.2) is 0 Å². The Hall–Kier alpha value is -2.64. The summed E-state index contributed by atoms with van der Waals surface area (Å²) in [4.78, 5) is 20.6. The lowest BCUT2D eigenvalue weighted by Crippen LogP contribution is -2.50. The van der Waals surface area contributed by atoms with E-state index in [1.165, 1.54) is 17.7 Å². The molecule has 0 spiro atoms. The monoisotopic (exact) mass is 435 g/mol. The molecule has 7 heteroatoms. The van der Waals surface area contributed by atoms with Gasteiger partial charge in [0.05, 0.1) is 24.9 Å². The number of carbonyl (C=O) groups is 1. The molecule has 0 saturated carbocycles. The molecule has 2 N–H and O–H groups in total. The van der Waals surface area contributed by atoms with Gasteiger partial charge in [0.25, 0.3) is 0 Å². The van der Waals surface area contributed by atoms with E-state index in [1.807, 2.05) is 20.0 Å². The Balaban J connectivity index is 1.39. The second kappa shape index (κ2) is 8.05. The zero-order valence-corrected chi connectivity index (χ0v) is 19.5. The second-order valence-electron chi connectivity index (χ2n) is 10.0. The van der Waals surface area contributed by atoms with Crippen LogP contribution in [0, 0.1) is 5.41 Å². The van der Waals surface area contributed by atoms with Gasteiger partial charge >= 0.3 is 0 Å². The number of nitrogens with zero attached hydrogens (tertiary/aromatic N) is 3. The summed E-state index contributed by atoms with van der Waals surface area (Å²) in [5.74, 6) is 0.0991. The van der Waals surface area contributed by atoms with Gasteiger partial charge in [-0.1, -0.05) is 19.9 Å². The Kier molecular flexibility index (Phi) is 5.34. The van der Waals surface area contributed by atoms with E-state index >= 15 is 0 Å². The normalized spacial score (nSPS) is 19.6. The molecule has 1 atom stereocenters. The zero-order chi connectivity index (χ0) is 22.5. The highest BCUT2D eigenvalue weighted by Crippen LogP contribution is 2.38. The van der Waals surface area contributed by atoms with Crippen LogP contribution in [-0.4, -0.2) is 65.4 Å². The van der Waals surface area contributed by atoms with E-state index in [2.05, 4.69) is 52.1 Å². The number of fused-ring (bicyclic) bond motifs is 2. The van der Waals surface area contributed by atoms with Gasteiger partial charge in [-0.3, -0.25) is 14.8 Å².